The van der Waals surface area contributed by atoms with Crippen molar-refractivity contribution in [2.24, 2.45) is 0 Å². The van der Waals surface area contributed by atoms with Crippen molar-refractivity contribution in [2.75, 3.05) is 6.61 Å². The first-order valence-electron chi connectivity index (χ1n) is 8.08. The van der Waals surface area contributed by atoms with Crippen LogP contribution >= 0.6 is 0 Å². The number of carbonyl (C=O) groups excluding carboxylic acids is 2. The van der Waals surface area contributed by atoms with Crippen molar-refractivity contribution in [1.29, 1.82) is 0 Å². The van der Waals surface area contributed by atoms with Crippen LogP contribution in [0.15, 0.2) is 54.6 Å². The smallest absolute Gasteiger partial charge is 0.269 e. The molecule has 0 N–H and O–H groups in total. The number of fused-ring (bicyclic) bond motifs is 1. The van der Waals surface area contributed by atoms with Gasteiger partial charge in [0.15, 0.2) is 0 Å². The highest BCUT2D eigenvalue weighted by Crippen LogP contribution is 2.28. The van der Waals surface area contributed by atoms with Crippen molar-refractivity contribution in [3.05, 3.63) is 71.3 Å². The Bertz CT molecular complexity index is 970. The Hall–Kier alpha value is -2.72. The molecule has 1 heterocycles. The van der Waals surface area contributed by atoms with E-state index >= 15 is 0 Å². The highest BCUT2D eigenvalue weighted by Gasteiger charge is 2.48. The number of rotatable bonds is 6. The van der Waals surface area contributed by atoms with Gasteiger partial charge in [0, 0.05) is 0 Å². The van der Waals surface area contributed by atoms with Crippen LogP contribution in [0, 0.1) is 0 Å². The molecule has 1 atom stereocenters. The normalized spacial score (nSPS) is 15.6. The summed E-state index contributed by atoms with van der Waals surface area (Å²) in [7, 11) is -5.87. The van der Waals surface area contributed by atoms with Gasteiger partial charge in [0.1, 0.15) is 0 Å². The molecule has 0 saturated heterocycles. The number of benzene rings is 2. The van der Waals surface area contributed by atoms with E-state index in [-0.39, 0.29) is 17.5 Å². The number of alkyl halides is 3. The van der Waals surface area contributed by atoms with Gasteiger partial charge < -0.3 is 0 Å². The van der Waals surface area contributed by atoms with Gasteiger partial charge in [0.2, 0.25) is 0 Å². The van der Waals surface area contributed by atoms with Crippen LogP contribution < -0.4 is 0 Å². The van der Waals surface area contributed by atoms with Crippen LogP contribution in [0.3, 0.4) is 0 Å². The van der Waals surface area contributed by atoms with Crippen LogP contribution in [0.1, 0.15) is 26.3 Å². The molecule has 6 nitrogen and oxygen atoms in total. The highest BCUT2D eigenvalue weighted by atomic mass is 32.2. The monoisotopic (exact) mass is 413 g/mol. The number of hydrogen-bond donors (Lipinski definition) is 0. The summed E-state index contributed by atoms with van der Waals surface area (Å²) in [5.74, 6) is -1.43. The Labute approximate surface area is 158 Å². The number of halogens is 3. The largest absolute Gasteiger partial charge is 0.523 e. The molecular formula is C18H14F3NO5S. The van der Waals surface area contributed by atoms with Crippen molar-refractivity contribution in [3.63, 3.8) is 0 Å². The van der Waals surface area contributed by atoms with Gasteiger partial charge in [0.25, 0.3) is 11.8 Å². The van der Waals surface area contributed by atoms with Gasteiger partial charge in [-0.2, -0.15) is 21.6 Å². The zero-order chi connectivity index (χ0) is 20.5. The quantitative estimate of drug-likeness (QED) is 0.413. The summed E-state index contributed by atoms with van der Waals surface area (Å²) in [6.07, 6.45) is -0.0698. The van der Waals surface area contributed by atoms with Crippen molar-refractivity contribution in [1.82, 2.24) is 4.90 Å². The van der Waals surface area contributed by atoms with Gasteiger partial charge >= 0.3 is 15.6 Å². The van der Waals surface area contributed by atoms with Crippen LogP contribution in [-0.2, 0) is 20.7 Å². The maximum atomic E-state index is 12.6. The summed E-state index contributed by atoms with van der Waals surface area (Å²) in [4.78, 5) is 26.0. The minimum absolute atomic E-state index is 0.0698. The molecule has 2 aromatic carbocycles. The molecule has 2 amide bonds. The molecule has 3 rings (SSSR count). The molecule has 0 saturated carbocycles. The topological polar surface area (TPSA) is 80.8 Å². The van der Waals surface area contributed by atoms with Crippen molar-refractivity contribution < 1.29 is 35.4 Å². The number of carbonyl (C=O) groups is 2. The molecule has 0 aromatic heterocycles. The second kappa shape index (κ2) is 7.36. The number of nitrogens with zero attached hydrogens (tertiary/aromatic N) is 1. The summed E-state index contributed by atoms with van der Waals surface area (Å²) >= 11 is 0. The van der Waals surface area contributed by atoms with Gasteiger partial charge in [-0.15, -0.1) is 0 Å². The van der Waals surface area contributed by atoms with E-state index in [0.717, 1.165) is 4.90 Å². The Morgan fingerprint density at radius 1 is 0.893 bits per heavy atom. The number of imide groups is 1. The fourth-order valence-electron chi connectivity index (χ4n) is 2.89. The fourth-order valence-corrected chi connectivity index (χ4v) is 3.36. The lowest BCUT2D eigenvalue weighted by molar-refractivity contribution is -0.0551. The lowest BCUT2D eigenvalue weighted by Gasteiger charge is -2.26. The molecule has 1 aliphatic heterocycles. The third-order valence-corrected chi connectivity index (χ3v) is 5.22. The molecule has 0 radical (unpaired) electrons. The SMILES string of the molecule is O=C1c2ccccc2C(=O)N1[C@H](COS(=O)(=O)C(F)(F)F)Cc1ccccc1. The van der Waals surface area contributed by atoms with E-state index in [9.17, 15) is 31.2 Å². The predicted molar refractivity (Wildman–Crippen MR) is 91.8 cm³/mol. The average molecular weight is 413 g/mol. The second-order valence-corrected chi connectivity index (χ2v) is 7.66. The second-order valence-electron chi connectivity index (χ2n) is 6.05. The van der Waals surface area contributed by atoms with Gasteiger partial charge in [-0.05, 0) is 24.1 Å². The van der Waals surface area contributed by atoms with E-state index < -0.39 is 40.1 Å². The molecule has 148 valence electrons. The first-order chi connectivity index (χ1) is 13.1. The zero-order valence-corrected chi connectivity index (χ0v) is 15.0. The summed E-state index contributed by atoms with van der Waals surface area (Å²) in [5.41, 5.74) is -4.81. The molecule has 0 spiro atoms. The van der Waals surface area contributed by atoms with Crippen LogP contribution in [0.5, 0.6) is 0 Å². The third-order valence-electron chi connectivity index (χ3n) is 4.20. The van der Waals surface area contributed by atoms with E-state index in [1.165, 1.54) is 12.1 Å². The highest BCUT2D eigenvalue weighted by molar-refractivity contribution is 7.87. The summed E-state index contributed by atoms with van der Waals surface area (Å²) in [6, 6.07) is 13.0. The molecule has 0 fully saturated rings. The number of amides is 2. The number of hydrogen-bond acceptors (Lipinski definition) is 5. The lowest BCUT2D eigenvalue weighted by atomic mass is 10.1. The average Bonchev–Trinajstić information content (AvgIpc) is 2.90. The van der Waals surface area contributed by atoms with Crippen LogP contribution in [0.2, 0.25) is 0 Å². The van der Waals surface area contributed by atoms with E-state index in [0.29, 0.717) is 5.56 Å². The molecule has 28 heavy (non-hydrogen) atoms. The van der Waals surface area contributed by atoms with Crippen molar-refractivity contribution in [3.8, 4) is 0 Å². The lowest BCUT2D eigenvalue weighted by Crippen LogP contribution is -2.45. The Balaban J connectivity index is 1.91. The van der Waals surface area contributed by atoms with Crippen LogP contribution in [0.4, 0.5) is 13.2 Å². The maximum absolute atomic E-state index is 12.6. The molecule has 0 unspecified atom stereocenters. The Morgan fingerprint density at radius 2 is 1.39 bits per heavy atom. The van der Waals surface area contributed by atoms with E-state index in [1.807, 2.05) is 0 Å². The van der Waals surface area contributed by atoms with Gasteiger partial charge in [-0.3, -0.25) is 18.7 Å². The first-order valence-corrected chi connectivity index (χ1v) is 9.49. The Kier molecular flexibility index (Phi) is 5.26. The standard InChI is InChI=1S/C18H14F3NO5S/c19-18(20,21)28(25,26)27-11-13(10-12-6-2-1-3-7-12)22-16(23)14-8-4-5-9-15(14)17(22)24/h1-9,13H,10-11H2/t13-/m0/s1. The predicted octanol–water partition coefficient (Wildman–Crippen LogP) is 2.76. The summed E-state index contributed by atoms with van der Waals surface area (Å²) in [6.45, 7) is -1.01. The molecule has 10 heteroatoms. The van der Waals surface area contributed by atoms with Crippen LogP contribution in [-0.4, -0.2) is 43.3 Å². The minimum atomic E-state index is -5.87. The summed E-state index contributed by atoms with van der Waals surface area (Å²) < 4.78 is 64.5. The molecule has 2 aromatic rings. The first kappa shape index (κ1) is 20.0. The van der Waals surface area contributed by atoms with Gasteiger partial charge in [0.05, 0.1) is 23.8 Å². The van der Waals surface area contributed by atoms with Gasteiger partial charge in [-0.1, -0.05) is 42.5 Å². The van der Waals surface area contributed by atoms with Gasteiger partial charge in [-0.25, -0.2) is 0 Å². The molecule has 1 aliphatic rings. The van der Waals surface area contributed by atoms with Crippen LogP contribution in [0.25, 0.3) is 0 Å². The molecular weight excluding hydrogens is 399 g/mol. The van der Waals surface area contributed by atoms with Crippen molar-refractivity contribution >= 4 is 21.9 Å². The maximum Gasteiger partial charge on any atom is 0.523 e. The molecule has 0 aliphatic carbocycles. The Morgan fingerprint density at radius 3 is 1.89 bits per heavy atom. The summed E-state index contributed by atoms with van der Waals surface area (Å²) in [5, 5.41) is 0. The minimum Gasteiger partial charge on any atom is -0.269 e. The fraction of sp³-hybridized carbons (Fsp3) is 0.222. The molecule has 0 bridgehead atoms. The third kappa shape index (κ3) is 3.78. The van der Waals surface area contributed by atoms with E-state index in [4.69, 9.17) is 0 Å². The van der Waals surface area contributed by atoms with E-state index in [1.54, 1.807) is 42.5 Å². The van der Waals surface area contributed by atoms with Crippen molar-refractivity contribution in [2.45, 2.75) is 18.0 Å². The van der Waals surface area contributed by atoms with E-state index in [2.05, 4.69) is 4.18 Å². The zero-order valence-electron chi connectivity index (χ0n) is 14.2.